The van der Waals surface area contributed by atoms with E-state index < -0.39 is 6.04 Å². The van der Waals surface area contributed by atoms with Crippen LogP contribution in [-0.2, 0) is 0 Å². The van der Waals surface area contributed by atoms with E-state index in [9.17, 15) is 0 Å². The molecule has 0 fully saturated rings. The second kappa shape index (κ2) is 3.09. The predicted octanol–water partition coefficient (Wildman–Crippen LogP) is 1.33. The first-order valence-corrected chi connectivity index (χ1v) is 3.65. The maximum atomic E-state index is 8.46. The van der Waals surface area contributed by atoms with Crippen LogP contribution in [0.25, 0.3) is 4.85 Å². The van der Waals surface area contributed by atoms with Crippen LogP contribution in [-0.4, -0.2) is 10.2 Å². The molecule has 0 radical (unpaired) electrons. The maximum absolute atomic E-state index is 8.46. The van der Waals surface area contributed by atoms with Crippen LogP contribution in [0.5, 0.6) is 0 Å². The van der Waals surface area contributed by atoms with Crippen molar-refractivity contribution in [1.29, 1.82) is 5.26 Å². The molecular formula is C6H4N4S. The molecule has 4 nitrogen and oxygen atoms in total. The SMILES string of the molecule is [C-]#[N+]C(C#N)c1nnc(C)s1. The standard InChI is InChI=1S/C6H4N4S/c1-4-9-10-6(11-4)5(3-7)8-2/h5H,1H3. The normalized spacial score (nSPS) is 11.5. The first kappa shape index (κ1) is 7.64. The van der Waals surface area contributed by atoms with Gasteiger partial charge < -0.3 is 0 Å². The molecule has 1 rings (SSSR count). The van der Waals surface area contributed by atoms with Crippen molar-refractivity contribution in [2.45, 2.75) is 13.0 Å². The van der Waals surface area contributed by atoms with Crippen LogP contribution in [0.2, 0.25) is 0 Å². The van der Waals surface area contributed by atoms with Gasteiger partial charge in [0.1, 0.15) is 5.01 Å². The van der Waals surface area contributed by atoms with Gasteiger partial charge in [-0.3, -0.25) is 4.85 Å². The highest BCUT2D eigenvalue weighted by Gasteiger charge is 2.18. The van der Waals surface area contributed by atoms with Gasteiger partial charge in [0.05, 0.1) is 0 Å². The average Bonchev–Trinajstić information content (AvgIpc) is 2.39. The van der Waals surface area contributed by atoms with Crippen molar-refractivity contribution >= 4 is 11.3 Å². The molecule has 1 unspecified atom stereocenters. The molecule has 1 aromatic rings. The van der Waals surface area contributed by atoms with Crippen LogP contribution in [0.15, 0.2) is 0 Å². The minimum atomic E-state index is -0.777. The third-order valence-corrected chi connectivity index (χ3v) is 1.92. The molecule has 0 aliphatic heterocycles. The maximum Gasteiger partial charge on any atom is 0.359 e. The van der Waals surface area contributed by atoms with Crippen LogP contribution in [0.3, 0.4) is 0 Å². The fourth-order valence-electron chi connectivity index (χ4n) is 0.562. The summed E-state index contributed by atoms with van der Waals surface area (Å²) in [5.74, 6) is 0. The van der Waals surface area contributed by atoms with Gasteiger partial charge in [0.2, 0.25) is 5.01 Å². The number of hydrogen-bond acceptors (Lipinski definition) is 4. The summed E-state index contributed by atoms with van der Waals surface area (Å²) in [5, 5.41) is 17.1. The van der Waals surface area contributed by atoms with Gasteiger partial charge >= 0.3 is 6.04 Å². The molecule has 54 valence electrons. The molecule has 1 heterocycles. The van der Waals surface area contributed by atoms with Crippen molar-refractivity contribution in [2.75, 3.05) is 0 Å². The second-order valence-corrected chi connectivity index (χ2v) is 3.03. The number of aromatic nitrogens is 2. The van der Waals surface area contributed by atoms with Crippen molar-refractivity contribution in [3.05, 3.63) is 21.4 Å². The zero-order valence-electron chi connectivity index (χ0n) is 5.77. The monoisotopic (exact) mass is 164 g/mol. The molecule has 0 bridgehead atoms. The van der Waals surface area contributed by atoms with Gasteiger partial charge in [-0.1, -0.05) is 11.3 Å². The molecule has 11 heavy (non-hydrogen) atoms. The molecule has 0 spiro atoms. The topological polar surface area (TPSA) is 53.9 Å². The largest absolute Gasteiger partial charge is 0.359 e. The van der Waals surface area contributed by atoms with Gasteiger partial charge in [-0.2, -0.15) is 5.26 Å². The number of nitriles is 1. The van der Waals surface area contributed by atoms with Crippen molar-refractivity contribution < 1.29 is 0 Å². The highest BCUT2D eigenvalue weighted by molar-refractivity contribution is 7.11. The molecule has 0 saturated carbocycles. The molecule has 0 aliphatic carbocycles. The predicted molar refractivity (Wildman–Crippen MR) is 39.6 cm³/mol. The third kappa shape index (κ3) is 1.51. The lowest BCUT2D eigenvalue weighted by molar-refractivity contribution is 0.948. The lowest BCUT2D eigenvalue weighted by Crippen LogP contribution is -1.86. The Morgan fingerprint density at radius 3 is 2.82 bits per heavy atom. The van der Waals surface area contributed by atoms with E-state index in [1.807, 2.05) is 6.07 Å². The number of hydrogen-bond donors (Lipinski definition) is 0. The molecule has 0 saturated heterocycles. The Hall–Kier alpha value is -1.46. The van der Waals surface area contributed by atoms with Crippen molar-refractivity contribution in [2.24, 2.45) is 0 Å². The summed E-state index contributed by atoms with van der Waals surface area (Å²) in [4.78, 5) is 3.09. The molecule has 0 N–H and O–H groups in total. The number of nitrogens with zero attached hydrogens (tertiary/aromatic N) is 4. The smallest absolute Gasteiger partial charge is 0.289 e. The van der Waals surface area contributed by atoms with E-state index in [1.165, 1.54) is 11.3 Å². The molecule has 0 aromatic carbocycles. The van der Waals surface area contributed by atoms with E-state index in [0.29, 0.717) is 5.01 Å². The van der Waals surface area contributed by atoms with Crippen LogP contribution in [0.1, 0.15) is 16.1 Å². The number of rotatable bonds is 1. The first-order valence-electron chi connectivity index (χ1n) is 2.84. The summed E-state index contributed by atoms with van der Waals surface area (Å²) < 4.78 is 0. The van der Waals surface area contributed by atoms with Gasteiger partial charge in [0.15, 0.2) is 6.07 Å². The fourth-order valence-corrected chi connectivity index (χ4v) is 1.24. The summed E-state index contributed by atoms with van der Waals surface area (Å²) >= 11 is 1.29. The van der Waals surface area contributed by atoms with Crippen LogP contribution in [0.4, 0.5) is 0 Å². The Morgan fingerprint density at radius 1 is 1.73 bits per heavy atom. The molecule has 1 aromatic heterocycles. The molecular weight excluding hydrogens is 160 g/mol. The van der Waals surface area contributed by atoms with E-state index in [1.54, 1.807) is 6.92 Å². The van der Waals surface area contributed by atoms with E-state index in [0.717, 1.165) is 5.01 Å². The first-order chi connectivity index (χ1) is 5.27. The Balaban J connectivity index is 2.95. The van der Waals surface area contributed by atoms with Crippen molar-refractivity contribution in [3.63, 3.8) is 0 Å². The Bertz CT molecular complexity index is 315. The van der Waals surface area contributed by atoms with Gasteiger partial charge in [-0.25, -0.2) is 6.57 Å². The molecule has 0 aliphatic rings. The van der Waals surface area contributed by atoms with Gasteiger partial charge in [0, 0.05) is 0 Å². The zero-order chi connectivity index (χ0) is 8.27. The Kier molecular flexibility index (Phi) is 2.15. The fraction of sp³-hybridized carbons (Fsp3) is 0.333. The molecule has 1 atom stereocenters. The van der Waals surface area contributed by atoms with Gasteiger partial charge in [-0.05, 0) is 6.92 Å². The van der Waals surface area contributed by atoms with E-state index >= 15 is 0 Å². The summed E-state index contributed by atoms with van der Waals surface area (Å²) in [7, 11) is 0. The van der Waals surface area contributed by atoms with E-state index in [4.69, 9.17) is 11.8 Å². The lowest BCUT2D eigenvalue weighted by Gasteiger charge is -1.83. The van der Waals surface area contributed by atoms with E-state index in [2.05, 4.69) is 15.0 Å². The minimum absolute atomic E-state index is 0.486. The number of aryl methyl sites for hydroxylation is 1. The summed E-state index contributed by atoms with van der Waals surface area (Å²) in [5.41, 5.74) is 0. The van der Waals surface area contributed by atoms with Crippen LogP contribution >= 0.6 is 11.3 Å². The van der Waals surface area contributed by atoms with Crippen molar-refractivity contribution in [1.82, 2.24) is 10.2 Å². The van der Waals surface area contributed by atoms with Gasteiger partial charge in [0.25, 0.3) is 0 Å². The third-order valence-electron chi connectivity index (χ3n) is 1.03. The second-order valence-electron chi connectivity index (χ2n) is 1.82. The Morgan fingerprint density at radius 2 is 2.45 bits per heavy atom. The van der Waals surface area contributed by atoms with Crippen molar-refractivity contribution in [3.8, 4) is 6.07 Å². The highest BCUT2D eigenvalue weighted by Crippen LogP contribution is 2.19. The average molecular weight is 164 g/mol. The minimum Gasteiger partial charge on any atom is -0.289 e. The Labute approximate surface area is 67.9 Å². The quantitative estimate of drug-likeness (QED) is 0.588. The zero-order valence-corrected chi connectivity index (χ0v) is 6.59. The summed E-state index contributed by atoms with van der Waals surface area (Å²) in [6.07, 6.45) is 0. The molecule has 0 amide bonds. The van der Waals surface area contributed by atoms with Gasteiger partial charge in [-0.15, -0.1) is 10.2 Å². The lowest BCUT2D eigenvalue weighted by atomic mass is 10.4. The van der Waals surface area contributed by atoms with Crippen LogP contribution < -0.4 is 0 Å². The summed E-state index contributed by atoms with van der Waals surface area (Å²) in [6.45, 7) is 8.44. The summed E-state index contributed by atoms with van der Waals surface area (Å²) in [6, 6.07) is 1.06. The van der Waals surface area contributed by atoms with Crippen LogP contribution in [0, 0.1) is 24.8 Å². The van der Waals surface area contributed by atoms with E-state index in [-0.39, 0.29) is 0 Å². The molecule has 5 heteroatoms. The highest BCUT2D eigenvalue weighted by atomic mass is 32.1.